The van der Waals surface area contributed by atoms with E-state index < -0.39 is 0 Å². The first-order chi connectivity index (χ1) is 8.29. The molecular weight excluding hydrogens is 214 g/mol. The molecule has 2 atom stereocenters. The van der Waals surface area contributed by atoms with Gasteiger partial charge in [0.05, 0.1) is 12.7 Å². The van der Waals surface area contributed by atoms with E-state index in [0.29, 0.717) is 17.8 Å². The van der Waals surface area contributed by atoms with E-state index in [1.54, 1.807) is 0 Å². The predicted molar refractivity (Wildman–Crippen MR) is 68.1 cm³/mol. The first-order valence-electron chi connectivity index (χ1n) is 7.16. The van der Waals surface area contributed by atoms with Gasteiger partial charge in [0.2, 0.25) is 0 Å². The molecule has 1 saturated carbocycles. The van der Waals surface area contributed by atoms with Gasteiger partial charge in [0.25, 0.3) is 0 Å². The third-order valence-corrected chi connectivity index (χ3v) is 4.09. The number of ketones is 1. The first kappa shape index (κ1) is 13.0. The van der Waals surface area contributed by atoms with Gasteiger partial charge in [-0.1, -0.05) is 19.8 Å². The van der Waals surface area contributed by atoms with E-state index in [-0.39, 0.29) is 0 Å². The molecule has 2 fully saturated rings. The summed E-state index contributed by atoms with van der Waals surface area (Å²) < 4.78 is 5.67. The average molecular weight is 239 g/mol. The number of hydrogen-bond donors (Lipinski definition) is 0. The number of nitrogens with zero attached hydrogens (tertiary/aromatic N) is 1. The molecule has 0 amide bonds. The molecule has 2 aliphatic rings. The third-order valence-electron chi connectivity index (χ3n) is 4.09. The van der Waals surface area contributed by atoms with Crippen LogP contribution in [0.3, 0.4) is 0 Å². The van der Waals surface area contributed by atoms with Crippen LogP contribution in [0.4, 0.5) is 0 Å². The normalized spacial score (nSPS) is 32.4. The Morgan fingerprint density at radius 3 is 3.06 bits per heavy atom. The highest BCUT2D eigenvalue weighted by molar-refractivity contribution is 5.81. The smallest absolute Gasteiger partial charge is 0.137 e. The third kappa shape index (κ3) is 3.78. The maximum atomic E-state index is 12.0. The van der Waals surface area contributed by atoms with E-state index in [0.717, 1.165) is 51.9 Å². The molecule has 1 aliphatic carbocycles. The monoisotopic (exact) mass is 239 g/mol. The fourth-order valence-electron chi connectivity index (χ4n) is 2.93. The van der Waals surface area contributed by atoms with Gasteiger partial charge in [-0.25, -0.2) is 0 Å². The highest BCUT2D eigenvalue weighted by Crippen LogP contribution is 2.22. The van der Waals surface area contributed by atoms with Crippen LogP contribution in [0.5, 0.6) is 0 Å². The molecule has 3 nitrogen and oxygen atoms in total. The standard InChI is InChI=1S/C14H25NO2/c1-2-13-11-15(8-9-17-13)10-12-6-4-3-5-7-14(12)16/h12-13H,2-11H2,1H3. The molecule has 2 rings (SSSR count). The van der Waals surface area contributed by atoms with Crippen LogP contribution >= 0.6 is 0 Å². The minimum Gasteiger partial charge on any atom is -0.376 e. The fraction of sp³-hybridized carbons (Fsp3) is 0.929. The molecule has 0 N–H and O–H groups in total. The summed E-state index contributed by atoms with van der Waals surface area (Å²) in [6.07, 6.45) is 6.95. The van der Waals surface area contributed by atoms with Crippen molar-refractivity contribution in [3.05, 3.63) is 0 Å². The zero-order chi connectivity index (χ0) is 12.1. The van der Waals surface area contributed by atoms with Crippen LogP contribution in [0, 0.1) is 5.92 Å². The van der Waals surface area contributed by atoms with Gasteiger partial charge < -0.3 is 4.74 Å². The largest absolute Gasteiger partial charge is 0.376 e. The Kier molecular flexibility index (Phi) is 4.99. The van der Waals surface area contributed by atoms with Crippen LogP contribution in [0.25, 0.3) is 0 Å². The van der Waals surface area contributed by atoms with E-state index in [1.807, 2.05) is 0 Å². The van der Waals surface area contributed by atoms with Crippen molar-refractivity contribution >= 4 is 5.78 Å². The number of ether oxygens (including phenoxy) is 1. The molecule has 0 aromatic rings. The van der Waals surface area contributed by atoms with Gasteiger partial charge in [-0.2, -0.15) is 0 Å². The van der Waals surface area contributed by atoms with E-state index in [9.17, 15) is 4.79 Å². The summed E-state index contributed by atoms with van der Waals surface area (Å²) in [4.78, 5) is 14.4. The van der Waals surface area contributed by atoms with Crippen molar-refractivity contribution < 1.29 is 9.53 Å². The van der Waals surface area contributed by atoms with Gasteiger partial charge >= 0.3 is 0 Å². The number of hydrogen-bond acceptors (Lipinski definition) is 3. The van der Waals surface area contributed by atoms with E-state index in [2.05, 4.69) is 11.8 Å². The Morgan fingerprint density at radius 1 is 1.35 bits per heavy atom. The summed E-state index contributed by atoms with van der Waals surface area (Å²) in [5, 5.41) is 0. The lowest BCUT2D eigenvalue weighted by Gasteiger charge is -2.34. The molecule has 1 saturated heterocycles. The molecule has 2 unspecified atom stereocenters. The zero-order valence-electron chi connectivity index (χ0n) is 11.0. The maximum Gasteiger partial charge on any atom is 0.137 e. The minimum atomic E-state index is 0.299. The van der Waals surface area contributed by atoms with Crippen LogP contribution < -0.4 is 0 Å². The molecule has 0 aromatic heterocycles. The summed E-state index contributed by atoms with van der Waals surface area (Å²) >= 11 is 0. The summed E-state index contributed by atoms with van der Waals surface area (Å²) in [5.74, 6) is 0.801. The minimum absolute atomic E-state index is 0.299. The van der Waals surface area contributed by atoms with Crippen LogP contribution in [-0.2, 0) is 9.53 Å². The molecule has 0 radical (unpaired) electrons. The van der Waals surface area contributed by atoms with Gasteiger partial charge in [0, 0.05) is 32.0 Å². The van der Waals surface area contributed by atoms with Gasteiger partial charge in [0.1, 0.15) is 5.78 Å². The van der Waals surface area contributed by atoms with Crippen molar-refractivity contribution in [2.45, 2.75) is 51.6 Å². The van der Waals surface area contributed by atoms with Crippen molar-refractivity contribution in [3.63, 3.8) is 0 Å². The maximum absolute atomic E-state index is 12.0. The predicted octanol–water partition coefficient (Wildman–Crippen LogP) is 2.25. The van der Waals surface area contributed by atoms with E-state index in [1.165, 1.54) is 12.8 Å². The SMILES string of the molecule is CCC1CN(CC2CCCCCC2=O)CCO1. The second-order valence-electron chi connectivity index (χ2n) is 5.42. The number of rotatable bonds is 3. The molecule has 0 aromatic carbocycles. The topological polar surface area (TPSA) is 29.5 Å². The first-order valence-corrected chi connectivity index (χ1v) is 7.16. The lowest BCUT2D eigenvalue weighted by atomic mass is 9.98. The van der Waals surface area contributed by atoms with Crippen LogP contribution in [0.15, 0.2) is 0 Å². The molecule has 1 aliphatic heterocycles. The highest BCUT2D eigenvalue weighted by Gasteiger charge is 2.26. The number of Topliss-reactive ketones (excluding diaryl/α,β-unsaturated/α-hetero) is 1. The van der Waals surface area contributed by atoms with Crippen molar-refractivity contribution in [1.82, 2.24) is 4.90 Å². The lowest BCUT2D eigenvalue weighted by Crippen LogP contribution is -2.45. The van der Waals surface area contributed by atoms with Crippen molar-refractivity contribution in [1.29, 1.82) is 0 Å². The molecule has 0 spiro atoms. The Labute approximate surface area is 105 Å². The summed E-state index contributed by atoms with van der Waals surface area (Å²) in [5.41, 5.74) is 0. The van der Waals surface area contributed by atoms with E-state index >= 15 is 0 Å². The van der Waals surface area contributed by atoms with Crippen LogP contribution in [0.2, 0.25) is 0 Å². The van der Waals surface area contributed by atoms with Crippen molar-refractivity contribution in [2.24, 2.45) is 5.92 Å². The summed E-state index contributed by atoms with van der Waals surface area (Å²) in [6.45, 7) is 5.99. The van der Waals surface area contributed by atoms with Crippen LogP contribution in [-0.4, -0.2) is 43.0 Å². The second kappa shape index (κ2) is 6.50. The molecule has 17 heavy (non-hydrogen) atoms. The molecule has 3 heteroatoms. The molecular formula is C14H25NO2. The molecule has 0 bridgehead atoms. The Morgan fingerprint density at radius 2 is 2.24 bits per heavy atom. The van der Waals surface area contributed by atoms with Gasteiger partial charge in [-0.05, 0) is 19.3 Å². The number of carbonyl (C=O) groups is 1. The van der Waals surface area contributed by atoms with Crippen molar-refractivity contribution in [2.75, 3.05) is 26.2 Å². The van der Waals surface area contributed by atoms with E-state index in [4.69, 9.17) is 4.74 Å². The molecule has 1 heterocycles. The zero-order valence-corrected chi connectivity index (χ0v) is 11.0. The highest BCUT2D eigenvalue weighted by atomic mass is 16.5. The Bertz CT molecular complexity index is 255. The average Bonchev–Trinajstić information content (AvgIpc) is 2.55. The number of carbonyl (C=O) groups excluding carboxylic acids is 1. The summed E-state index contributed by atoms with van der Waals surface area (Å²) in [6, 6.07) is 0. The lowest BCUT2D eigenvalue weighted by molar-refractivity contribution is -0.124. The quantitative estimate of drug-likeness (QED) is 0.707. The van der Waals surface area contributed by atoms with Gasteiger partial charge in [-0.3, -0.25) is 9.69 Å². The summed E-state index contributed by atoms with van der Waals surface area (Å²) in [7, 11) is 0. The Balaban J connectivity index is 1.83. The Hall–Kier alpha value is -0.410. The van der Waals surface area contributed by atoms with Gasteiger partial charge in [0.15, 0.2) is 0 Å². The van der Waals surface area contributed by atoms with Crippen molar-refractivity contribution in [3.8, 4) is 0 Å². The number of morpholine rings is 1. The fourth-order valence-corrected chi connectivity index (χ4v) is 2.93. The van der Waals surface area contributed by atoms with Gasteiger partial charge in [-0.15, -0.1) is 0 Å². The van der Waals surface area contributed by atoms with Crippen LogP contribution in [0.1, 0.15) is 45.4 Å². The molecule has 98 valence electrons. The second-order valence-corrected chi connectivity index (χ2v) is 5.42.